The normalized spacial score (nSPS) is 13.8. The van der Waals surface area contributed by atoms with Gasteiger partial charge in [0.1, 0.15) is 0 Å². The van der Waals surface area contributed by atoms with Gasteiger partial charge in [-0.3, -0.25) is 9.35 Å². The van der Waals surface area contributed by atoms with Crippen LogP contribution in [0.15, 0.2) is 48.6 Å². The van der Waals surface area contributed by atoms with Crippen molar-refractivity contribution in [1.29, 1.82) is 0 Å². The second kappa shape index (κ2) is 35.1. The summed E-state index contributed by atoms with van der Waals surface area (Å²) in [6.45, 7) is 4.47. The van der Waals surface area contributed by atoms with E-state index in [-0.39, 0.29) is 12.3 Å². The highest BCUT2D eigenvalue weighted by atomic mass is 32.2. The number of hydrogen-bond acceptors (Lipinski definition) is 4. The number of carbonyl (C=O) groups excluding carboxylic acids is 1. The van der Waals surface area contributed by atoms with Gasteiger partial charge in [-0.1, -0.05) is 172 Å². The first kappa shape index (κ1) is 46.3. The lowest BCUT2D eigenvalue weighted by Gasteiger charge is -2.21. The molecule has 2 unspecified atom stereocenters. The average molecular weight is 694 g/mol. The molecule has 0 aliphatic heterocycles. The molecule has 0 aromatic heterocycles. The number of amides is 1. The maximum Gasteiger partial charge on any atom is 0.267 e. The van der Waals surface area contributed by atoms with Crippen LogP contribution in [0.3, 0.4) is 0 Å². The molecule has 0 rings (SSSR count). The lowest BCUT2D eigenvalue weighted by Crippen LogP contribution is -2.46. The summed E-state index contributed by atoms with van der Waals surface area (Å²) in [4.78, 5) is 12.5. The lowest BCUT2D eigenvalue weighted by atomic mass is 10.0. The molecule has 0 bridgehead atoms. The van der Waals surface area contributed by atoms with Gasteiger partial charge in [-0.15, -0.1) is 0 Å². The summed E-state index contributed by atoms with van der Waals surface area (Å²) in [6, 6.07) is -1.08. The largest absolute Gasteiger partial charge is 0.387 e. The minimum atomic E-state index is -4.36. The zero-order valence-corrected chi connectivity index (χ0v) is 31.9. The number of aliphatic hydroxyl groups excluding tert-OH is 1. The van der Waals surface area contributed by atoms with Crippen LogP contribution >= 0.6 is 0 Å². The summed E-state index contributed by atoms with van der Waals surface area (Å²) < 4.78 is 32.4. The van der Waals surface area contributed by atoms with Crippen molar-refractivity contribution in [1.82, 2.24) is 5.32 Å². The molecule has 0 spiro atoms. The van der Waals surface area contributed by atoms with Crippen LogP contribution in [0, 0.1) is 0 Å². The van der Waals surface area contributed by atoms with Gasteiger partial charge < -0.3 is 10.4 Å². The molecule has 280 valence electrons. The van der Waals surface area contributed by atoms with E-state index in [1.807, 2.05) is 6.08 Å². The Kier molecular flexibility index (Phi) is 33.9. The van der Waals surface area contributed by atoms with Crippen molar-refractivity contribution in [2.75, 3.05) is 5.75 Å². The molecule has 0 saturated carbocycles. The van der Waals surface area contributed by atoms with Gasteiger partial charge in [-0.2, -0.15) is 8.42 Å². The van der Waals surface area contributed by atoms with Crippen molar-refractivity contribution < 1.29 is 22.9 Å². The SMILES string of the molecule is CCCC/C=C\C/C=C\CCCCCCCC(=O)NC(CS(=O)(=O)O)C(O)/C=C/CC/C=C/CCCCCCCCCCCCCCC. The molecule has 0 aromatic rings. The predicted molar refractivity (Wildman–Crippen MR) is 207 cm³/mol. The van der Waals surface area contributed by atoms with E-state index in [2.05, 4.69) is 55.6 Å². The molecule has 7 heteroatoms. The zero-order chi connectivity index (χ0) is 35.4. The highest BCUT2D eigenvalue weighted by molar-refractivity contribution is 7.85. The average Bonchev–Trinajstić information content (AvgIpc) is 3.05. The Labute approximate surface area is 297 Å². The van der Waals surface area contributed by atoms with E-state index in [1.165, 1.54) is 109 Å². The van der Waals surface area contributed by atoms with Crippen LogP contribution in [0.2, 0.25) is 0 Å². The summed E-state index contributed by atoms with van der Waals surface area (Å²) in [6.07, 6.45) is 46.7. The minimum Gasteiger partial charge on any atom is -0.387 e. The molecular weight excluding hydrogens is 619 g/mol. The van der Waals surface area contributed by atoms with E-state index in [1.54, 1.807) is 0 Å². The van der Waals surface area contributed by atoms with Crippen molar-refractivity contribution >= 4 is 16.0 Å². The fourth-order valence-electron chi connectivity index (χ4n) is 5.72. The fourth-order valence-corrected chi connectivity index (χ4v) is 6.45. The number of allylic oxidation sites excluding steroid dienone is 7. The highest BCUT2D eigenvalue weighted by Gasteiger charge is 2.24. The van der Waals surface area contributed by atoms with Crippen LogP contribution in [-0.2, 0) is 14.9 Å². The Morgan fingerprint density at radius 1 is 0.562 bits per heavy atom. The predicted octanol–water partition coefficient (Wildman–Crippen LogP) is 11.5. The van der Waals surface area contributed by atoms with Crippen molar-refractivity contribution in [3.8, 4) is 0 Å². The van der Waals surface area contributed by atoms with Gasteiger partial charge in [0.2, 0.25) is 5.91 Å². The Morgan fingerprint density at radius 3 is 1.50 bits per heavy atom. The van der Waals surface area contributed by atoms with Gasteiger partial charge >= 0.3 is 0 Å². The second-order valence-corrected chi connectivity index (χ2v) is 15.0. The van der Waals surface area contributed by atoms with Gasteiger partial charge in [0, 0.05) is 6.42 Å². The monoisotopic (exact) mass is 694 g/mol. The van der Waals surface area contributed by atoms with E-state index >= 15 is 0 Å². The first-order valence-electron chi connectivity index (χ1n) is 19.8. The summed E-state index contributed by atoms with van der Waals surface area (Å²) in [5.74, 6) is -1.02. The molecule has 0 heterocycles. The van der Waals surface area contributed by atoms with Crippen LogP contribution in [-0.4, -0.2) is 41.9 Å². The Balaban J connectivity index is 4.01. The van der Waals surface area contributed by atoms with Crippen molar-refractivity contribution in [3.05, 3.63) is 48.6 Å². The van der Waals surface area contributed by atoms with Gasteiger partial charge in [-0.25, -0.2) is 0 Å². The Bertz CT molecular complexity index is 940. The van der Waals surface area contributed by atoms with Crippen molar-refractivity contribution in [2.45, 2.75) is 199 Å². The van der Waals surface area contributed by atoms with E-state index in [0.717, 1.165) is 51.4 Å². The number of carbonyl (C=O) groups is 1. The summed E-state index contributed by atoms with van der Waals surface area (Å²) >= 11 is 0. The molecule has 0 aliphatic carbocycles. The molecule has 0 saturated heterocycles. The molecule has 2 atom stereocenters. The van der Waals surface area contributed by atoms with Crippen LogP contribution < -0.4 is 5.32 Å². The summed E-state index contributed by atoms with van der Waals surface area (Å²) in [7, 11) is -4.36. The first-order valence-corrected chi connectivity index (χ1v) is 21.4. The molecular formula is C41H75NO5S. The molecule has 0 radical (unpaired) electrons. The molecule has 48 heavy (non-hydrogen) atoms. The molecule has 0 aromatic carbocycles. The zero-order valence-electron chi connectivity index (χ0n) is 31.1. The molecule has 0 fully saturated rings. The van der Waals surface area contributed by atoms with Gasteiger partial charge in [0.15, 0.2) is 0 Å². The Hall–Kier alpha value is -1.70. The smallest absolute Gasteiger partial charge is 0.267 e. The second-order valence-electron chi connectivity index (χ2n) is 13.5. The topological polar surface area (TPSA) is 104 Å². The maximum atomic E-state index is 12.5. The maximum absolute atomic E-state index is 12.5. The third kappa shape index (κ3) is 35.6. The minimum absolute atomic E-state index is 0.271. The van der Waals surface area contributed by atoms with E-state index in [0.29, 0.717) is 12.8 Å². The number of rotatable bonds is 35. The molecule has 3 N–H and O–H groups in total. The Morgan fingerprint density at radius 2 is 0.979 bits per heavy atom. The third-order valence-electron chi connectivity index (χ3n) is 8.73. The number of hydrogen-bond donors (Lipinski definition) is 3. The third-order valence-corrected chi connectivity index (χ3v) is 9.51. The lowest BCUT2D eigenvalue weighted by molar-refractivity contribution is -0.122. The van der Waals surface area contributed by atoms with Gasteiger partial charge in [0.05, 0.1) is 17.9 Å². The van der Waals surface area contributed by atoms with Crippen LogP contribution in [0.4, 0.5) is 0 Å². The van der Waals surface area contributed by atoms with E-state index in [4.69, 9.17) is 0 Å². The number of aliphatic hydroxyl groups is 1. The fraction of sp³-hybridized carbons (Fsp3) is 0.780. The first-order chi connectivity index (χ1) is 23.3. The molecule has 6 nitrogen and oxygen atoms in total. The van der Waals surface area contributed by atoms with E-state index < -0.39 is 28.0 Å². The number of nitrogens with one attached hydrogen (secondary N) is 1. The van der Waals surface area contributed by atoms with Crippen LogP contribution in [0.5, 0.6) is 0 Å². The summed E-state index contributed by atoms with van der Waals surface area (Å²) in [5.41, 5.74) is 0. The van der Waals surface area contributed by atoms with Crippen molar-refractivity contribution in [3.63, 3.8) is 0 Å². The van der Waals surface area contributed by atoms with Crippen LogP contribution in [0.25, 0.3) is 0 Å². The van der Waals surface area contributed by atoms with Gasteiger partial charge in [-0.05, 0) is 57.8 Å². The van der Waals surface area contributed by atoms with Crippen molar-refractivity contribution in [2.24, 2.45) is 0 Å². The highest BCUT2D eigenvalue weighted by Crippen LogP contribution is 2.14. The van der Waals surface area contributed by atoms with E-state index in [9.17, 15) is 22.9 Å². The molecule has 0 aliphatic rings. The standard InChI is InChI=1S/C41H75NO5S/c1-3-5-7-9-11-13-15-17-19-20-21-22-23-24-26-28-30-32-34-36-40(43)39(38-48(45,46)47)42-41(44)37-35-33-31-29-27-25-18-16-14-12-10-8-6-4-2/h10,12,16,18,26,28,34,36,39-40,43H,3-9,11,13-15,17,19-25,27,29-33,35,37-38H2,1-2H3,(H,42,44)(H,45,46,47)/b12-10-,18-16-,28-26+,36-34+. The van der Waals surface area contributed by atoms with Crippen LogP contribution in [0.1, 0.15) is 187 Å². The number of unbranched alkanes of at least 4 members (excludes halogenated alkanes) is 21. The van der Waals surface area contributed by atoms with Gasteiger partial charge in [0.25, 0.3) is 10.1 Å². The molecule has 1 amide bonds. The summed E-state index contributed by atoms with van der Waals surface area (Å²) in [5, 5.41) is 13.2. The quantitative estimate of drug-likeness (QED) is 0.0348.